The Morgan fingerprint density at radius 3 is 2.38 bits per heavy atom. The Morgan fingerprint density at radius 1 is 1.12 bits per heavy atom. The van der Waals surface area contributed by atoms with Gasteiger partial charge in [0.15, 0.2) is 0 Å². The summed E-state index contributed by atoms with van der Waals surface area (Å²) in [7, 11) is 0. The Hall–Kier alpha value is -0.405. The van der Waals surface area contributed by atoms with Gasteiger partial charge in [-0.05, 0) is 50.6 Å². The van der Waals surface area contributed by atoms with Gasteiger partial charge in [-0.2, -0.15) is 0 Å². The second-order valence-electron chi connectivity index (χ2n) is 4.45. The minimum Gasteiger partial charge on any atom is -0.330 e. The van der Waals surface area contributed by atoms with Crippen molar-refractivity contribution < 1.29 is 0 Å². The average Bonchev–Trinajstić information content (AvgIpc) is 2.23. The van der Waals surface area contributed by atoms with Crippen LogP contribution in [0.25, 0.3) is 0 Å². The van der Waals surface area contributed by atoms with E-state index in [9.17, 15) is 0 Å². The molecule has 0 saturated carbocycles. The third-order valence-corrected chi connectivity index (χ3v) is 4.31. The van der Waals surface area contributed by atoms with Crippen molar-refractivity contribution >= 4 is 23.1 Å². The molecule has 0 radical (unpaired) electrons. The smallest absolute Gasteiger partial charge is 0.239 e. The molecule has 0 spiro atoms. The summed E-state index contributed by atoms with van der Waals surface area (Å²) in [5.74, 6) is 1.73. The molecule has 0 saturated heterocycles. The van der Waals surface area contributed by atoms with Crippen LogP contribution in [0.4, 0.5) is 0 Å². The molecule has 1 aromatic carbocycles. The highest BCUT2D eigenvalue weighted by atomic mass is 32.2. The van der Waals surface area contributed by atoms with E-state index in [1.165, 1.54) is 22.2 Å². The minimum absolute atomic E-state index is 0.575. The van der Waals surface area contributed by atoms with E-state index in [4.69, 9.17) is 5.73 Å². The lowest BCUT2D eigenvalue weighted by atomic mass is 9.68. The van der Waals surface area contributed by atoms with Gasteiger partial charge in [0.25, 0.3) is 0 Å². The van der Waals surface area contributed by atoms with Crippen molar-refractivity contribution in [2.24, 2.45) is 5.73 Å². The molecule has 1 aromatic rings. The summed E-state index contributed by atoms with van der Waals surface area (Å²) in [6, 6.07) is 4.63. The molecule has 0 aromatic heterocycles. The van der Waals surface area contributed by atoms with Crippen molar-refractivity contribution in [1.82, 2.24) is 0 Å². The summed E-state index contributed by atoms with van der Waals surface area (Å²) >= 11 is 2.00. The van der Waals surface area contributed by atoms with Gasteiger partial charge in [-0.25, -0.2) is 11.6 Å². The quantitative estimate of drug-likeness (QED) is 0.627. The molecule has 0 unspecified atom stereocenters. The van der Waals surface area contributed by atoms with Crippen LogP contribution in [-0.4, -0.2) is 18.3 Å². The molecular formula is C13H22BNS. The van der Waals surface area contributed by atoms with Crippen LogP contribution in [0.5, 0.6) is 0 Å². The molecule has 0 fully saturated rings. The molecule has 0 amide bonds. The zero-order valence-corrected chi connectivity index (χ0v) is 11.7. The second kappa shape index (κ2) is 6.36. The zero-order chi connectivity index (χ0) is 12.1. The third-order valence-electron chi connectivity index (χ3n) is 3.04. The molecule has 16 heavy (non-hydrogen) atoms. The fraction of sp³-hybridized carbons (Fsp3) is 0.538. The van der Waals surface area contributed by atoms with Crippen molar-refractivity contribution in [2.75, 3.05) is 12.3 Å². The third kappa shape index (κ3) is 3.57. The molecule has 3 heteroatoms. The molecule has 0 atom stereocenters. The van der Waals surface area contributed by atoms with Crippen LogP contribution >= 0.6 is 11.6 Å². The highest BCUT2D eigenvalue weighted by Gasteiger charge is 2.13. The van der Waals surface area contributed by atoms with Gasteiger partial charge in [-0.15, -0.1) is 0 Å². The standard InChI is InChI=1S/C13H22BNS/c1-10-8-12(3)13(9-11(10)2)14(4)16-7-5-6-15/h8-9H,5-7,15H2,1-4H3. The van der Waals surface area contributed by atoms with Crippen LogP contribution in [-0.2, 0) is 0 Å². The molecule has 88 valence electrons. The van der Waals surface area contributed by atoms with Gasteiger partial charge in [0, 0.05) is 0 Å². The Morgan fingerprint density at radius 2 is 1.75 bits per heavy atom. The van der Waals surface area contributed by atoms with Crippen LogP contribution in [0, 0.1) is 20.8 Å². The zero-order valence-electron chi connectivity index (χ0n) is 10.8. The second-order valence-corrected chi connectivity index (χ2v) is 5.90. The topological polar surface area (TPSA) is 26.0 Å². The first-order valence-electron chi connectivity index (χ1n) is 5.95. The predicted octanol–water partition coefficient (Wildman–Crippen LogP) is 2.52. The molecule has 0 aliphatic carbocycles. The first-order chi connectivity index (χ1) is 7.56. The molecule has 1 nitrogen and oxygen atoms in total. The van der Waals surface area contributed by atoms with Crippen molar-refractivity contribution in [3.8, 4) is 0 Å². The van der Waals surface area contributed by atoms with E-state index in [2.05, 4.69) is 39.7 Å². The van der Waals surface area contributed by atoms with Crippen LogP contribution in [0.3, 0.4) is 0 Å². The number of benzene rings is 1. The Balaban J connectivity index is 2.75. The van der Waals surface area contributed by atoms with Crippen LogP contribution in [0.2, 0.25) is 6.82 Å². The lowest BCUT2D eigenvalue weighted by Crippen LogP contribution is -2.27. The molecule has 0 bridgehead atoms. The summed E-state index contributed by atoms with van der Waals surface area (Å²) in [5.41, 5.74) is 11.2. The number of hydrogen-bond acceptors (Lipinski definition) is 2. The predicted molar refractivity (Wildman–Crippen MR) is 78.0 cm³/mol. The van der Waals surface area contributed by atoms with E-state index in [0.29, 0.717) is 5.99 Å². The summed E-state index contributed by atoms with van der Waals surface area (Å²) in [6.45, 7) is 9.67. The molecule has 2 N–H and O–H groups in total. The fourth-order valence-electron chi connectivity index (χ4n) is 1.85. The van der Waals surface area contributed by atoms with E-state index in [1.807, 2.05) is 11.6 Å². The van der Waals surface area contributed by atoms with Crippen molar-refractivity contribution in [2.45, 2.75) is 34.0 Å². The normalized spacial score (nSPS) is 10.6. The molecule has 0 aliphatic rings. The molecular weight excluding hydrogens is 213 g/mol. The Labute approximate surface area is 104 Å². The van der Waals surface area contributed by atoms with Gasteiger partial charge in [0.2, 0.25) is 5.99 Å². The molecule has 0 aliphatic heterocycles. The average molecular weight is 235 g/mol. The summed E-state index contributed by atoms with van der Waals surface area (Å²) < 4.78 is 0. The number of aryl methyl sites for hydroxylation is 3. The summed E-state index contributed by atoms with van der Waals surface area (Å²) in [5, 5.41) is 0. The van der Waals surface area contributed by atoms with Crippen LogP contribution in [0.1, 0.15) is 23.1 Å². The van der Waals surface area contributed by atoms with Crippen LogP contribution < -0.4 is 11.2 Å². The lowest BCUT2D eigenvalue weighted by Gasteiger charge is -2.14. The SMILES string of the molecule is CB(SCCCN)c1cc(C)c(C)cc1C. The van der Waals surface area contributed by atoms with E-state index in [-0.39, 0.29) is 0 Å². The number of rotatable bonds is 5. The van der Waals surface area contributed by atoms with Crippen molar-refractivity contribution in [3.05, 3.63) is 28.8 Å². The van der Waals surface area contributed by atoms with Gasteiger partial charge < -0.3 is 5.73 Å². The largest absolute Gasteiger partial charge is 0.330 e. The minimum atomic E-state index is 0.575. The van der Waals surface area contributed by atoms with Crippen LogP contribution in [0.15, 0.2) is 12.1 Å². The highest BCUT2D eigenvalue weighted by Crippen LogP contribution is 2.14. The van der Waals surface area contributed by atoms with E-state index in [1.54, 1.807) is 0 Å². The maximum atomic E-state index is 5.51. The monoisotopic (exact) mass is 235 g/mol. The van der Waals surface area contributed by atoms with Gasteiger partial charge in [0.1, 0.15) is 0 Å². The Bertz CT molecular complexity index is 352. The van der Waals surface area contributed by atoms with E-state index in [0.717, 1.165) is 18.7 Å². The summed E-state index contributed by atoms with van der Waals surface area (Å²) in [6.07, 6.45) is 1.11. The van der Waals surface area contributed by atoms with E-state index >= 15 is 0 Å². The molecule has 0 heterocycles. The molecule has 1 rings (SSSR count). The van der Waals surface area contributed by atoms with Crippen molar-refractivity contribution in [3.63, 3.8) is 0 Å². The Kier molecular flexibility index (Phi) is 5.43. The lowest BCUT2D eigenvalue weighted by molar-refractivity contribution is 0.945. The maximum Gasteiger partial charge on any atom is 0.239 e. The van der Waals surface area contributed by atoms with Gasteiger partial charge in [-0.3, -0.25) is 0 Å². The fourth-order valence-corrected chi connectivity index (χ4v) is 2.97. The van der Waals surface area contributed by atoms with Gasteiger partial charge in [0.05, 0.1) is 0 Å². The first-order valence-corrected chi connectivity index (χ1v) is 7.00. The van der Waals surface area contributed by atoms with Gasteiger partial charge >= 0.3 is 0 Å². The summed E-state index contributed by atoms with van der Waals surface area (Å²) in [4.78, 5) is 0. The first kappa shape index (κ1) is 13.7. The van der Waals surface area contributed by atoms with Gasteiger partial charge in [-0.1, -0.05) is 30.0 Å². The highest BCUT2D eigenvalue weighted by molar-refractivity contribution is 8.26. The van der Waals surface area contributed by atoms with Crippen molar-refractivity contribution in [1.29, 1.82) is 0 Å². The number of nitrogens with two attached hydrogens (primary N) is 1. The van der Waals surface area contributed by atoms with E-state index < -0.39 is 0 Å². The number of hydrogen-bond donors (Lipinski definition) is 1. The maximum absolute atomic E-state index is 5.51.